The number of amides is 1. The molecular weight excluding hydrogens is 327 g/mol. The summed E-state index contributed by atoms with van der Waals surface area (Å²) in [6.07, 6.45) is -3.05. The molecular formula is C14H12F3N5O2. The van der Waals surface area contributed by atoms with E-state index in [9.17, 15) is 18.0 Å². The van der Waals surface area contributed by atoms with E-state index in [1.807, 2.05) is 0 Å². The number of hydrogen-bond donors (Lipinski definition) is 3. The van der Waals surface area contributed by atoms with E-state index in [2.05, 4.69) is 26.0 Å². The maximum absolute atomic E-state index is 13.3. The fourth-order valence-corrected chi connectivity index (χ4v) is 2.10. The second-order valence-electron chi connectivity index (χ2n) is 4.93. The molecule has 1 aromatic carbocycles. The molecule has 0 spiro atoms. The van der Waals surface area contributed by atoms with Gasteiger partial charge >= 0.3 is 6.18 Å². The predicted molar refractivity (Wildman–Crippen MR) is 78.0 cm³/mol. The van der Waals surface area contributed by atoms with Crippen LogP contribution in [0.3, 0.4) is 0 Å². The molecule has 0 aliphatic carbocycles. The Labute approximate surface area is 133 Å². The third-order valence-electron chi connectivity index (χ3n) is 3.22. The highest BCUT2D eigenvalue weighted by molar-refractivity contribution is 5.98. The van der Waals surface area contributed by atoms with Gasteiger partial charge < -0.3 is 10.1 Å². The molecule has 3 N–H and O–H groups in total. The molecule has 3 rings (SSSR count). The zero-order valence-corrected chi connectivity index (χ0v) is 12.1. The average molecular weight is 339 g/mol. The van der Waals surface area contributed by atoms with Crippen LogP contribution in [-0.2, 0) is 22.3 Å². The molecule has 1 aliphatic heterocycles. The molecule has 24 heavy (non-hydrogen) atoms. The lowest BCUT2D eigenvalue weighted by Gasteiger charge is -2.18. The number of carbonyl (C=O) groups excluding carboxylic acids is 1. The number of halogens is 3. The number of ether oxygens (including phenoxy) is 1. The van der Waals surface area contributed by atoms with Gasteiger partial charge in [0, 0.05) is 17.4 Å². The molecule has 1 aromatic heterocycles. The molecule has 0 fully saturated rings. The van der Waals surface area contributed by atoms with Crippen LogP contribution in [0.15, 0.2) is 35.6 Å². The third-order valence-corrected chi connectivity index (χ3v) is 3.22. The Hall–Kier alpha value is -3.04. The van der Waals surface area contributed by atoms with Crippen LogP contribution in [0.5, 0.6) is 0 Å². The van der Waals surface area contributed by atoms with E-state index in [0.29, 0.717) is 5.69 Å². The zero-order valence-electron chi connectivity index (χ0n) is 12.1. The van der Waals surface area contributed by atoms with Gasteiger partial charge in [0.25, 0.3) is 5.91 Å². The minimum Gasteiger partial charge on any atom is -0.466 e. The Morgan fingerprint density at radius 1 is 1.29 bits per heavy atom. The van der Waals surface area contributed by atoms with Gasteiger partial charge in [-0.15, -0.1) is 5.10 Å². The Bertz CT molecular complexity index is 771. The van der Waals surface area contributed by atoms with E-state index in [-0.39, 0.29) is 30.3 Å². The smallest absolute Gasteiger partial charge is 0.418 e. The molecule has 10 heteroatoms. The van der Waals surface area contributed by atoms with Crippen molar-refractivity contribution in [2.75, 3.05) is 11.9 Å². The van der Waals surface area contributed by atoms with Crippen molar-refractivity contribution in [3.63, 3.8) is 0 Å². The van der Waals surface area contributed by atoms with Gasteiger partial charge in [0.1, 0.15) is 0 Å². The van der Waals surface area contributed by atoms with Crippen molar-refractivity contribution in [2.45, 2.75) is 12.7 Å². The number of hydrazone groups is 1. The molecule has 0 atom stereocenters. The topological polar surface area (TPSA) is 91.4 Å². The molecule has 0 radical (unpaired) electrons. The van der Waals surface area contributed by atoms with Gasteiger partial charge in [-0.1, -0.05) is 0 Å². The van der Waals surface area contributed by atoms with E-state index in [0.717, 1.165) is 6.07 Å². The molecule has 0 saturated heterocycles. The van der Waals surface area contributed by atoms with E-state index in [4.69, 9.17) is 4.74 Å². The van der Waals surface area contributed by atoms with Crippen molar-refractivity contribution in [1.29, 1.82) is 0 Å². The predicted octanol–water partition coefficient (Wildman–Crippen LogP) is 1.85. The Morgan fingerprint density at radius 2 is 2.12 bits per heavy atom. The maximum atomic E-state index is 13.3. The largest absolute Gasteiger partial charge is 0.466 e. The highest BCUT2D eigenvalue weighted by Crippen LogP contribution is 2.36. The van der Waals surface area contributed by atoms with E-state index >= 15 is 0 Å². The summed E-state index contributed by atoms with van der Waals surface area (Å²) in [5, 5.41) is 12.7. The van der Waals surface area contributed by atoms with Crippen LogP contribution >= 0.6 is 0 Å². The number of carbonyl (C=O) groups is 1. The third kappa shape index (κ3) is 3.47. The summed E-state index contributed by atoms with van der Waals surface area (Å²) in [6.45, 7) is -0.129. The minimum absolute atomic E-state index is 0.0692. The number of aromatic nitrogens is 2. The Kier molecular flexibility index (Phi) is 4.11. The number of benzene rings is 1. The van der Waals surface area contributed by atoms with Crippen LogP contribution in [0.1, 0.15) is 16.8 Å². The summed E-state index contributed by atoms with van der Waals surface area (Å²) in [6, 6.07) is 5.30. The van der Waals surface area contributed by atoms with Crippen molar-refractivity contribution < 1.29 is 22.7 Å². The SMILES string of the molecule is O=C1COC(c2ccc(NCc3ccn[nH]3)c(C(F)(F)F)c2)=NN1. The highest BCUT2D eigenvalue weighted by Gasteiger charge is 2.34. The Balaban J connectivity index is 1.88. The summed E-state index contributed by atoms with van der Waals surface area (Å²) in [7, 11) is 0. The summed E-state index contributed by atoms with van der Waals surface area (Å²) >= 11 is 0. The lowest BCUT2D eigenvalue weighted by atomic mass is 10.1. The minimum atomic E-state index is -4.56. The fourth-order valence-electron chi connectivity index (χ4n) is 2.10. The van der Waals surface area contributed by atoms with E-state index in [1.165, 1.54) is 18.3 Å². The van der Waals surface area contributed by atoms with Crippen LogP contribution in [0.2, 0.25) is 0 Å². The maximum Gasteiger partial charge on any atom is 0.418 e. The van der Waals surface area contributed by atoms with E-state index < -0.39 is 17.6 Å². The summed E-state index contributed by atoms with van der Waals surface area (Å²) in [5.41, 5.74) is 1.99. The van der Waals surface area contributed by atoms with Crippen molar-refractivity contribution >= 4 is 17.5 Å². The molecule has 0 unspecified atom stereocenters. The first-order valence-electron chi connectivity index (χ1n) is 6.86. The highest BCUT2D eigenvalue weighted by atomic mass is 19.4. The number of aromatic amines is 1. The zero-order chi connectivity index (χ0) is 17.2. The molecule has 0 saturated carbocycles. The van der Waals surface area contributed by atoms with Gasteiger partial charge in [-0.2, -0.15) is 18.3 Å². The quantitative estimate of drug-likeness (QED) is 0.793. The normalized spacial score (nSPS) is 14.6. The number of H-pyrrole nitrogens is 1. The van der Waals surface area contributed by atoms with Crippen LogP contribution in [0.4, 0.5) is 18.9 Å². The number of rotatable bonds is 4. The number of nitrogens with zero attached hydrogens (tertiary/aromatic N) is 2. The number of alkyl halides is 3. The molecule has 2 heterocycles. The monoisotopic (exact) mass is 339 g/mol. The average Bonchev–Trinajstić information content (AvgIpc) is 3.06. The van der Waals surface area contributed by atoms with Crippen LogP contribution < -0.4 is 10.7 Å². The number of nitrogens with one attached hydrogen (secondary N) is 3. The Morgan fingerprint density at radius 3 is 2.75 bits per heavy atom. The van der Waals surface area contributed by atoms with Gasteiger partial charge in [-0.25, -0.2) is 5.43 Å². The van der Waals surface area contributed by atoms with E-state index in [1.54, 1.807) is 6.07 Å². The van der Waals surface area contributed by atoms with Gasteiger partial charge in [-0.05, 0) is 24.3 Å². The first kappa shape index (κ1) is 15.8. The molecule has 126 valence electrons. The summed E-state index contributed by atoms with van der Waals surface area (Å²) < 4.78 is 45.0. The van der Waals surface area contributed by atoms with Crippen LogP contribution in [-0.4, -0.2) is 28.6 Å². The molecule has 1 amide bonds. The lowest BCUT2D eigenvalue weighted by molar-refractivity contribution is -0.137. The van der Waals surface area contributed by atoms with Crippen molar-refractivity contribution in [3.05, 3.63) is 47.3 Å². The van der Waals surface area contributed by atoms with Crippen molar-refractivity contribution in [1.82, 2.24) is 15.6 Å². The lowest BCUT2D eigenvalue weighted by Crippen LogP contribution is -2.32. The second kappa shape index (κ2) is 6.22. The van der Waals surface area contributed by atoms with Gasteiger partial charge in [0.2, 0.25) is 5.90 Å². The van der Waals surface area contributed by atoms with Crippen LogP contribution in [0, 0.1) is 0 Å². The van der Waals surface area contributed by atoms with Gasteiger partial charge in [0.05, 0.1) is 17.8 Å². The van der Waals surface area contributed by atoms with Crippen molar-refractivity contribution in [2.24, 2.45) is 5.10 Å². The first-order valence-corrected chi connectivity index (χ1v) is 6.86. The molecule has 1 aliphatic rings. The standard InChI is InChI=1S/C14H12F3N5O2/c15-14(16,17)10-5-8(13-22-21-12(23)7-24-13)1-2-11(10)18-6-9-3-4-19-20-9/h1-5,18H,6-7H2,(H,19,20)(H,21,23). The number of anilines is 1. The van der Waals surface area contributed by atoms with Gasteiger partial charge in [0.15, 0.2) is 6.61 Å². The summed E-state index contributed by atoms with van der Waals surface area (Å²) in [4.78, 5) is 11.0. The summed E-state index contributed by atoms with van der Waals surface area (Å²) in [5.74, 6) is -0.534. The van der Waals surface area contributed by atoms with Crippen LogP contribution in [0.25, 0.3) is 0 Å². The molecule has 0 bridgehead atoms. The second-order valence-corrected chi connectivity index (χ2v) is 4.93. The molecule has 7 nitrogen and oxygen atoms in total. The fraction of sp³-hybridized carbons (Fsp3) is 0.214. The first-order chi connectivity index (χ1) is 11.4. The number of hydrogen-bond acceptors (Lipinski definition) is 5. The van der Waals surface area contributed by atoms with Gasteiger partial charge in [-0.3, -0.25) is 9.89 Å². The molecule has 2 aromatic rings. The van der Waals surface area contributed by atoms with Crippen molar-refractivity contribution in [3.8, 4) is 0 Å².